The van der Waals surface area contributed by atoms with Crippen molar-refractivity contribution in [3.63, 3.8) is 0 Å². The molecular weight excluding hydrogens is 202 g/mol. The first-order chi connectivity index (χ1) is 7.08. The van der Waals surface area contributed by atoms with Crippen molar-refractivity contribution in [3.05, 3.63) is 40.3 Å². The van der Waals surface area contributed by atoms with Crippen molar-refractivity contribution in [1.82, 2.24) is 0 Å². The van der Waals surface area contributed by atoms with E-state index >= 15 is 0 Å². The van der Waals surface area contributed by atoms with Crippen LogP contribution in [-0.2, 0) is 0 Å². The molecule has 15 heavy (non-hydrogen) atoms. The third-order valence-electron chi connectivity index (χ3n) is 2.62. The lowest BCUT2D eigenvalue weighted by molar-refractivity contribution is 1.39. The number of hydrogen-bond donors (Lipinski definition) is 1. The van der Waals surface area contributed by atoms with Gasteiger partial charge in [0.25, 0.3) is 0 Å². The van der Waals surface area contributed by atoms with Gasteiger partial charge in [-0.05, 0) is 43.5 Å². The summed E-state index contributed by atoms with van der Waals surface area (Å²) in [5.41, 5.74) is 11.0. The van der Waals surface area contributed by atoms with Crippen LogP contribution in [0.4, 0.5) is 5.00 Å². The molecule has 0 unspecified atom stereocenters. The maximum atomic E-state index is 5.82. The van der Waals surface area contributed by atoms with E-state index in [0.717, 1.165) is 5.00 Å². The first kappa shape index (κ1) is 10.2. The Balaban J connectivity index is 2.62. The van der Waals surface area contributed by atoms with E-state index in [9.17, 15) is 0 Å². The van der Waals surface area contributed by atoms with Crippen LogP contribution in [0.15, 0.2) is 24.3 Å². The molecule has 1 aromatic carbocycles. The van der Waals surface area contributed by atoms with Crippen LogP contribution in [-0.4, -0.2) is 0 Å². The average molecular weight is 217 g/mol. The third kappa shape index (κ3) is 1.90. The lowest BCUT2D eigenvalue weighted by atomic mass is 9.99. The van der Waals surface area contributed by atoms with E-state index in [0.29, 0.717) is 0 Å². The molecule has 1 aromatic heterocycles. The summed E-state index contributed by atoms with van der Waals surface area (Å²) in [5, 5.41) is 0.892. The van der Waals surface area contributed by atoms with Gasteiger partial charge in [0.2, 0.25) is 0 Å². The topological polar surface area (TPSA) is 26.0 Å². The molecule has 1 heterocycles. The quantitative estimate of drug-likeness (QED) is 0.769. The highest BCUT2D eigenvalue weighted by molar-refractivity contribution is 7.16. The Bertz CT molecular complexity index is 497. The zero-order valence-corrected chi connectivity index (χ0v) is 10.1. The molecule has 2 N–H and O–H groups in total. The van der Waals surface area contributed by atoms with Crippen LogP contribution in [0.25, 0.3) is 11.1 Å². The zero-order chi connectivity index (χ0) is 11.0. The molecule has 0 atom stereocenters. The SMILES string of the molecule is Cc1ccc(C)c(-c2cc(N)sc2C)c1. The van der Waals surface area contributed by atoms with Crippen molar-refractivity contribution in [1.29, 1.82) is 0 Å². The molecule has 0 saturated carbocycles. The van der Waals surface area contributed by atoms with Gasteiger partial charge in [-0.15, -0.1) is 11.3 Å². The highest BCUT2D eigenvalue weighted by atomic mass is 32.1. The second kappa shape index (κ2) is 3.70. The van der Waals surface area contributed by atoms with E-state index in [1.807, 2.05) is 0 Å². The smallest absolute Gasteiger partial charge is 0.0865 e. The lowest BCUT2D eigenvalue weighted by Gasteiger charge is -2.06. The molecule has 2 aromatic rings. The number of hydrogen-bond acceptors (Lipinski definition) is 2. The van der Waals surface area contributed by atoms with Gasteiger partial charge in [-0.2, -0.15) is 0 Å². The van der Waals surface area contributed by atoms with E-state index in [2.05, 4.69) is 45.0 Å². The number of benzene rings is 1. The van der Waals surface area contributed by atoms with Crippen molar-refractivity contribution < 1.29 is 0 Å². The molecule has 0 aliphatic carbocycles. The summed E-state index contributed by atoms with van der Waals surface area (Å²) in [6.07, 6.45) is 0. The monoisotopic (exact) mass is 217 g/mol. The second-order valence-corrected chi connectivity index (χ2v) is 5.22. The Kier molecular flexibility index (Phi) is 2.53. The summed E-state index contributed by atoms with van der Waals surface area (Å²) in [5.74, 6) is 0. The van der Waals surface area contributed by atoms with Gasteiger partial charge in [-0.25, -0.2) is 0 Å². The Morgan fingerprint density at radius 3 is 2.33 bits per heavy atom. The van der Waals surface area contributed by atoms with E-state index < -0.39 is 0 Å². The Morgan fingerprint density at radius 2 is 1.73 bits per heavy atom. The van der Waals surface area contributed by atoms with Gasteiger partial charge in [0.1, 0.15) is 0 Å². The Hall–Kier alpha value is -1.28. The van der Waals surface area contributed by atoms with Gasteiger partial charge >= 0.3 is 0 Å². The maximum Gasteiger partial charge on any atom is 0.0865 e. The van der Waals surface area contributed by atoms with E-state index in [1.54, 1.807) is 11.3 Å². The normalized spacial score (nSPS) is 10.6. The highest BCUT2D eigenvalue weighted by Crippen LogP contribution is 2.34. The number of thiophene rings is 1. The summed E-state index contributed by atoms with van der Waals surface area (Å²) in [7, 11) is 0. The van der Waals surface area contributed by atoms with Crippen LogP contribution in [0.3, 0.4) is 0 Å². The number of nitrogen functional groups attached to an aromatic ring is 1. The molecule has 0 aliphatic heterocycles. The maximum absolute atomic E-state index is 5.82. The van der Waals surface area contributed by atoms with Crippen molar-refractivity contribution >= 4 is 16.3 Å². The minimum absolute atomic E-state index is 0.892. The van der Waals surface area contributed by atoms with Gasteiger partial charge < -0.3 is 5.73 Å². The molecule has 1 nitrogen and oxygen atoms in total. The van der Waals surface area contributed by atoms with Crippen LogP contribution < -0.4 is 5.73 Å². The van der Waals surface area contributed by atoms with E-state index in [4.69, 9.17) is 5.73 Å². The summed E-state index contributed by atoms with van der Waals surface area (Å²) < 4.78 is 0. The van der Waals surface area contributed by atoms with Gasteiger partial charge in [0.05, 0.1) is 5.00 Å². The summed E-state index contributed by atoms with van der Waals surface area (Å²) >= 11 is 1.66. The van der Waals surface area contributed by atoms with Crippen LogP contribution in [0.1, 0.15) is 16.0 Å². The second-order valence-electron chi connectivity index (χ2n) is 3.94. The molecule has 0 bridgehead atoms. The van der Waals surface area contributed by atoms with Crippen LogP contribution in [0.5, 0.6) is 0 Å². The van der Waals surface area contributed by atoms with E-state index in [-0.39, 0.29) is 0 Å². The third-order valence-corrected chi connectivity index (χ3v) is 3.50. The predicted molar refractivity (Wildman–Crippen MR) is 68.4 cm³/mol. The summed E-state index contributed by atoms with van der Waals surface area (Å²) in [4.78, 5) is 1.29. The van der Waals surface area contributed by atoms with Crippen molar-refractivity contribution in [3.8, 4) is 11.1 Å². The molecule has 78 valence electrons. The number of aryl methyl sites for hydroxylation is 3. The van der Waals surface area contributed by atoms with Crippen molar-refractivity contribution in [2.75, 3.05) is 5.73 Å². The summed E-state index contributed by atoms with van der Waals surface area (Å²) in [6, 6.07) is 8.60. The standard InChI is InChI=1S/C13H15NS/c1-8-4-5-9(2)11(6-8)12-7-13(14)15-10(12)3/h4-7H,14H2,1-3H3. The first-order valence-electron chi connectivity index (χ1n) is 5.01. The highest BCUT2D eigenvalue weighted by Gasteiger charge is 2.08. The molecule has 0 aliphatic rings. The molecule has 0 saturated heterocycles. The molecule has 0 radical (unpaired) electrons. The van der Waals surface area contributed by atoms with Crippen LogP contribution in [0, 0.1) is 20.8 Å². The van der Waals surface area contributed by atoms with Crippen LogP contribution >= 0.6 is 11.3 Å². The van der Waals surface area contributed by atoms with Crippen molar-refractivity contribution in [2.45, 2.75) is 20.8 Å². The summed E-state index contributed by atoms with van der Waals surface area (Å²) in [6.45, 7) is 6.38. The van der Waals surface area contributed by atoms with Gasteiger partial charge in [0, 0.05) is 4.88 Å². The number of rotatable bonds is 1. The fraction of sp³-hybridized carbons (Fsp3) is 0.231. The number of anilines is 1. The minimum atomic E-state index is 0.892. The fourth-order valence-corrected chi connectivity index (χ4v) is 2.61. The zero-order valence-electron chi connectivity index (χ0n) is 9.29. The Morgan fingerprint density at radius 1 is 1.00 bits per heavy atom. The fourth-order valence-electron chi connectivity index (χ4n) is 1.80. The van der Waals surface area contributed by atoms with Gasteiger partial charge in [0.15, 0.2) is 0 Å². The largest absolute Gasteiger partial charge is 0.391 e. The van der Waals surface area contributed by atoms with Gasteiger partial charge in [-0.3, -0.25) is 0 Å². The lowest BCUT2D eigenvalue weighted by Crippen LogP contribution is -1.84. The average Bonchev–Trinajstić information content (AvgIpc) is 2.50. The molecule has 0 fully saturated rings. The van der Waals surface area contributed by atoms with Gasteiger partial charge in [-0.1, -0.05) is 23.8 Å². The molecular formula is C13H15NS. The molecule has 0 spiro atoms. The molecule has 2 rings (SSSR count). The minimum Gasteiger partial charge on any atom is -0.391 e. The molecule has 2 heteroatoms. The van der Waals surface area contributed by atoms with E-state index in [1.165, 1.54) is 27.1 Å². The first-order valence-corrected chi connectivity index (χ1v) is 5.83. The number of nitrogens with two attached hydrogens (primary N) is 1. The van der Waals surface area contributed by atoms with Crippen molar-refractivity contribution in [2.24, 2.45) is 0 Å². The predicted octanol–water partition coefficient (Wildman–Crippen LogP) is 3.92. The Labute approximate surface area is 94.6 Å². The molecule has 0 amide bonds. The van der Waals surface area contributed by atoms with Crippen LogP contribution in [0.2, 0.25) is 0 Å².